The molecule has 0 aliphatic rings. The van der Waals surface area contributed by atoms with Crippen LogP contribution in [0, 0.1) is 6.92 Å². The minimum atomic E-state index is -0.0671. The summed E-state index contributed by atoms with van der Waals surface area (Å²) >= 11 is 2.35. The van der Waals surface area contributed by atoms with Crippen LogP contribution in [0.3, 0.4) is 0 Å². The van der Waals surface area contributed by atoms with Crippen LogP contribution in [-0.4, -0.2) is 10.2 Å². The van der Waals surface area contributed by atoms with Gasteiger partial charge < -0.3 is 0 Å². The molecule has 0 heterocycles. The Morgan fingerprint density at radius 2 is 1.62 bits per heavy atom. The van der Waals surface area contributed by atoms with E-state index in [2.05, 4.69) is 13.2 Å². The van der Waals surface area contributed by atoms with Crippen LogP contribution in [0.5, 0.6) is 0 Å². The third-order valence-electron chi connectivity index (χ3n) is 3.31. The fourth-order valence-electron chi connectivity index (χ4n) is 2.08. The number of benzene rings is 2. The van der Waals surface area contributed by atoms with Crippen molar-refractivity contribution >= 4 is 33.8 Å². The monoisotopic (exact) mass is 354 g/mol. The van der Waals surface area contributed by atoms with Gasteiger partial charge in [0.25, 0.3) is 0 Å². The van der Waals surface area contributed by atoms with E-state index >= 15 is 0 Å². The van der Waals surface area contributed by atoms with Gasteiger partial charge in [-0.3, -0.25) is 9.59 Å². The Morgan fingerprint density at radius 1 is 1.00 bits per heavy atom. The Balaban J connectivity index is 2.20. The zero-order chi connectivity index (χ0) is 17.7. The van der Waals surface area contributed by atoms with Crippen molar-refractivity contribution in [2.45, 2.75) is 23.6 Å². The number of thioether (sulfide) groups is 2. The Morgan fingerprint density at radius 3 is 2.17 bits per heavy atom. The molecule has 0 N–H and O–H groups in total. The van der Waals surface area contributed by atoms with Crippen molar-refractivity contribution in [1.82, 2.24) is 0 Å². The second-order valence-corrected chi connectivity index (χ2v) is 7.42. The summed E-state index contributed by atoms with van der Waals surface area (Å²) in [5, 5.41) is -0.0853. The van der Waals surface area contributed by atoms with Gasteiger partial charge in [-0.2, -0.15) is 0 Å². The van der Waals surface area contributed by atoms with Crippen molar-refractivity contribution in [3.8, 4) is 11.1 Å². The molecular weight excluding hydrogens is 336 g/mol. The summed E-state index contributed by atoms with van der Waals surface area (Å²) in [6, 6.07) is 13.8. The van der Waals surface area contributed by atoms with Crippen molar-refractivity contribution in [1.29, 1.82) is 0 Å². The maximum Gasteiger partial charge on any atom is 0.219 e. The van der Waals surface area contributed by atoms with E-state index in [0.717, 1.165) is 38.2 Å². The van der Waals surface area contributed by atoms with Crippen molar-refractivity contribution < 1.29 is 9.59 Å². The minimum Gasteiger partial charge on any atom is -0.282 e. The highest BCUT2D eigenvalue weighted by Crippen LogP contribution is 2.30. The molecule has 0 amide bonds. The highest BCUT2D eigenvalue weighted by atomic mass is 32.2. The highest BCUT2D eigenvalue weighted by molar-refractivity contribution is 8.14. The number of carbonyl (C=O) groups is 2. The smallest absolute Gasteiger partial charge is 0.219 e. The number of hydrogen-bond donors (Lipinski definition) is 0. The zero-order valence-electron chi connectivity index (χ0n) is 13.7. The fourth-order valence-corrected chi connectivity index (χ4v) is 3.43. The molecule has 0 fully saturated rings. The molecule has 0 aliphatic carbocycles. The molecule has 2 aromatic carbocycles. The van der Waals surface area contributed by atoms with Crippen LogP contribution < -0.4 is 0 Å². The second kappa shape index (κ2) is 8.18. The molecule has 0 saturated carbocycles. The van der Waals surface area contributed by atoms with Gasteiger partial charge >= 0.3 is 0 Å². The standard InChI is InChI=1S/C20H18O2S2/c1-5-19(21)23-16-8-6-15(7-9-16)18-11-10-17(12-14(18)4)24-20(22)13(2)3/h5-12H,1-2H2,3-4H3. The van der Waals surface area contributed by atoms with Gasteiger partial charge in [0.15, 0.2) is 0 Å². The first kappa shape index (κ1) is 18.3. The molecule has 0 atom stereocenters. The van der Waals surface area contributed by atoms with Gasteiger partial charge in [0.05, 0.1) is 0 Å². The quantitative estimate of drug-likeness (QED) is 0.512. The van der Waals surface area contributed by atoms with Crippen LogP contribution in [0.1, 0.15) is 12.5 Å². The van der Waals surface area contributed by atoms with E-state index in [-0.39, 0.29) is 10.2 Å². The fraction of sp³-hybridized carbons (Fsp3) is 0.100. The van der Waals surface area contributed by atoms with Gasteiger partial charge in [-0.15, -0.1) is 0 Å². The molecule has 0 unspecified atom stereocenters. The lowest BCUT2D eigenvalue weighted by Gasteiger charge is -2.09. The molecule has 24 heavy (non-hydrogen) atoms. The van der Waals surface area contributed by atoms with Crippen molar-refractivity contribution in [2.24, 2.45) is 0 Å². The molecule has 2 aromatic rings. The molecule has 0 aromatic heterocycles. The lowest BCUT2D eigenvalue weighted by Crippen LogP contribution is -1.92. The van der Waals surface area contributed by atoms with Crippen LogP contribution in [0.4, 0.5) is 0 Å². The minimum absolute atomic E-state index is 0.0181. The number of aryl methyl sites for hydroxylation is 1. The molecule has 2 rings (SSSR count). The van der Waals surface area contributed by atoms with Crippen molar-refractivity contribution in [2.75, 3.05) is 0 Å². The largest absolute Gasteiger partial charge is 0.282 e. The average molecular weight is 354 g/mol. The molecular formula is C20H18O2S2. The zero-order valence-corrected chi connectivity index (χ0v) is 15.3. The number of hydrogen-bond acceptors (Lipinski definition) is 4. The summed E-state index contributed by atoms with van der Waals surface area (Å²) in [7, 11) is 0. The van der Waals surface area contributed by atoms with Crippen LogP contribution in [0.25, 0.3) is 11.1 Å². The maximum absolute atomic E-state index is 11.8. The molecule has 0 bridgehead atoms. The van der Waals surface area contributed by atoms with Gasteiger partial charge in [-0.05, 0) is 90.0 Å². The molecule has 122 valence electrons. The van der Waals surface area contributed by atoms with E-state index in [9.17, 15) is 9.59 Å². The van der Waals surface area contributed by atoms with Gasteiger partial charge in [0, 0.05) is 9.79 Å². The first-order chi connectivity index (χ1) is 11.4. The summed E-state index contributed by atoms with van der Waals surface area (Å²) in [6.45, 7) is 10.9. The van der Waals surface area contributed by atoms with Gasteiger partial charge in [0.1, 0.15) is 0 Å². The molecule has 4 heteroatoms. The Hall–Kier alpha value is -2.04. The van der Waals surface area contributed by atoms with Crippen molar-refractivity contribution in [3.63, 3.8) is 0 Å². The van der Waals surface area contributed by atoms with E-state index in [1.807, 2.05) is 49.4 Å². The van der Waals surface area contributed by atoms with E-state index in [1.165, 1.54) is 17.8 Å². The highest BCUT2D eigenvalue weighted by Gasteiger charge is 2.09. The predicted octanol–water partition coefficient (Wildman–Crippen LogP) is 5.66. The summed E-state index contributed by atoms with van der Waals surface area (Å²) in [4.78, 5) is 24.9. The molecule has 0 radical (unpaired) electrons. The molecule has 2 nitrogen and oxygen atoms in total. The molecule has 0 saturated heterocycles. The predicted molar refractivity (Wildman–Crippen MR) is 103 cm³/mol. The Labute approximate surface area is 151 Å². The van der Waals surface area contributed by atoms with Gasteiger partial charge in [-0.25, -0.2) is 0 Å². The van der Waals surface area contributed by atoms with Gasteiger partial charge in [-0.1, -0.05) is 31.4 Å². The Bertz CT molecular complexity index is 805. The summed E-state index contributed by atoms with van der Waals surface area (Å²) < 4.78 is 0. The summed E-state index contributed by atoms with van der Waals surface area (Å²) in [5.41, 5.74) is 3.82. The lowest BCUT2D eigenvalue weighted by atomic mass is 10.0. The maximum atomic E-state index is 11.8. The Kier molecular flexibility index (Phi) is 6.23. The van der Waals surface area contributed by atoms with E-state index in [0.29, 0.717) is 5.57 Å². The van der Waals surface area contributed by atoms with E-state index in [1.54, 1.807) is 6.92 Å². The van der Waals surface area contributed by atoms with Crippen LogP contribution in [0.2, 0.25) is 0 Å². The second-order valence-electron chi connectivity index (χ2n) is 5.30. The topological polar surface area (TPSA) is 34.1 Å². The van der Waals surface area contributed by atoms with Crippen LogP contribution in [-0.2, 0) is 9.59 Å². The molecule has 0 aliphatic heterocycles. The normalized spacial score (nSPS) is 10.2. The lowest BCUT2D eigenvalue weighted by molar-refractivity contribution is -0.108. The molecule has 0 spiro atoms. The third-order valence-corrected chi connectivity index (χ3v) is 5.21. The summed E-state index contributed by atoms with van der Waals surface area (Å²) in [6.07, 6.45) is 1.31. The summed E-state index contributed by atoms with van der Waals surface area (Å²) in [5.74, 6) is 0. The van der Waals surface area contributed by atoms with Crippen molar-refractivity contribution in [3.05, 3.63) is 72.8 Å². The van der Waals surface area contributed by atoms with E-state index in [4.69, 9.17) is 0 Å². The van der Waals surface area contributed by atoms with Crippen LogP contribution in [0.15, 0.2) is 77.1 Å². The number of rotatable bonds is 5. The van der Waals surface area contributed by atoms with Crippen LogP contribution >= 0.6 is 23.5 Å². The first-order valence-corrected chi connectivity index (χ1v) is 8.97. The number of carbonyl (C=O) groups excluding carboxylic acids is 2. The van der Waals surface area contributed by atoms with E-state index < -0.39 is 0 Å². The third kappa shape index (κ3) is 4.73. The first-order valence-electron chi connectivity index (χ1n) is 7.33. The SMILES string of the molecule is C=CC(=O)Sc1ccc(-c2ccc(SC(=O)C(=C)C)cc2C)cc1. The average Bonchev–Trinajstić information content (AvgIpc) is 2.55. The van der Waals surface area contributed by atoms with Gasteiger partial charge in [0.2, 0.25) is 10.2 Å².